The molecular formula is C17H22N8O. The minimum atomic E-state index is 0.451. The van der Waals surface area contributed by atoms with Crippen LogP contribution in [0.4, 0.5) is 5.82 Å². The van der Waals surface area contributed by atoms with Crippen molar-refractivity contribution in [1.29, 1.82) is 0 Å². The Balaban J connectivity index is 1.26. The molecule has 0 aromatic carbocycles. The first-order valence-corrected chi connectivity index (χ1v) is 9.14. The van der Waals surface area contributed by atoms with Gasteiger partial charge in [0.15, 0.2) is 17.3 Å². The molecule has 136 valence electrons. The molecule has 9 nitrogen and oxygen atoms in total. The molecule has 0 unspecified atom stereocenters. The van der Waals surface area contributed by atoms with Crippen LogP contribution in [0, 0.1) is 6.92 Å². The van der Waals surface area contributed by atoms with Gasteiger partial charge in [0, 0.05) is 25.0 Å². The third-order valence-electron chi connectivity index (χ3n) is 5.51. The largest absolute Gasteiger partial charge is 0.352 e. The smallest absolute Gasteiger partial charge is 0.240 e. The molecule has 0 spiro atoms. The summed E-state index contributed by atoms with van der Waals surface area (Å²) >= 11 is 0. The normalized spacial score (nSPS) is 18.5. The number of hydrogen-bond acceptors (Lipinski definition) is 8. The maximum Gasteiger partial charge on any atom is 0.240 e. The van der Waals surface area contributed by atoms with Crippen LogP contribution in [0.25, 0.3) is 5.65 Å². The van der Waals surface area contributed by atoms with E-state index in [2.05, 4.69) is 37.2 Å². The molecule has 1 aliphatic carbocycles. The second kappa shape index (κ2) is 6.01. The van der Waals surface area contributed by atoms with Crippen molar-refractivity contribution in [3.63, 3.8) is 0 Å². The molecule has 1 aliphatic heterocycles. The molecule has 4 heterocycles. The highest BCUT2D eigenvalue weighted by Crippen LogP contribution is 2.35. The van der Waals surface area contributed by atoms with Crippen molar-refractivity contribution in [3.05, 3.63) is 29.7 Å². The number of likely N-dealkylation sites (N-methyl/N-ethyl adjacent to an activating group) is 1. The molecule has 0 radical (unpaired) electrons. The van der Waals surface area contributed by atoms with Crippen LogP contribution in [0.5, 0.6) is 0 Å². The zero-order valence-corrected chi connectivity index (χ0v) is 15.0. The van der Waals surface area contributed by atoms with Crippen molar-refractivity contribution in [2.75, 3.05) is 25.0 Å². The highest BCUT2D eigenvalue weighted by Gasteiger charge is 2.32. The van der Waals surface area contributed by atoms with E-state index >= 15 is 0 Å². The van der Waals surface area contributed by atoms with Gasteiger partial charge >= 0.3 is 0 Å². The Morgan fingerprint density at radius 1 is 1.23 bits per heavy atom. The molecule has 26 heavy (non-hydrogen) atoms. The first-order chi connectivity index (χ1) is 12.7. The van der Waals surface area contributed by atoms with Crippen molar-refractivity contribution in [2.24, 2.45) is 0 Å². The minimum absolute atomic E-state index is 0.451. The number of aryl methyl sites for hydroxylation is 1. The van der Waals surface area contributed by atoms with Crippen LogP contribution >= 0.6 is 0 Å². The average molecular weight is 354 g/mol. The molecule has 3 aromatic heterocycles. The molecule has 9 heteroatoms. The summed E-state index contributed by atoms with van der Waals surface area (Å²) in [5, 5.41) is 17.3. The van der Waals surface area contributed by atoms with Crippen molar-refractivity contribution in [3.8, 4) is 0 Å². The number of anilines is 1. The first kappa shape index (κ1) is 15.7. The fourth-order valence-electron chi connectivity index (χ4n) is 3.55. The lowest BCUT2D eigenvalue weighted by atomic mass is 9.85. The van der Waals surface area contributed by atoms with Crippen LogP contribution in [0.15, 0.2) is 16.7 Å². The second-order valence-electron chi connectivity index (χ2n) is 7.36. The van der Waals surface area contributed by atoms with E-state index in [9.17, 15) is 0 Å². The van der Waals surface area contributed by atoms with E-state index in [0.29, 0.717) is 30.2 Å². The molecule has 0 atom stereocenters. The van der Waals surface area contributed by atoms with Crippen LogP contribution in [0.1, 0.15) is 42.7 Å². The number of nitrogens with zero attached hydrogens (tertiary/aromatic N) is 8. The quantitative estimate of drug-likeness (QED) is 0.679. The van der Waals surface area contributed by atoms with E-state index in [0.717, 1.165) is 30.4 Å². The van der Waals surface area contributed by atoms with E-state index in [-0.39, 0.29) is 0 Å². The lowest BCUT2D eigenvalue weighted by Crippen LogP contribution is -2.58. The van der Waals surface area contributed by atoms with E-state index in [1.165, 1.54) is 19.3 Å². The van der Waals surface area contributed by atoms with Gasteiger partial charge in [-0.2, -0.15) is 9.50 Å². The summed E-state index contributed by atoms with van der Waals surface area (Å²) in [5.74, 6) is 3.85. The molecule has 1 saturated carbocycles. The molecule has 2 fully saturated rings. The molecular weight excluding hydrogens is 332 g/mol. The fourth-order valence-corrected chi connectivity index (χ4v) is 3.55. The van der Waals surface area contributed by atoms with Gasteiger partial charge in [-0.15, -0.1) is 15.3 Å². The third kappa shape index (κ3) is 2.63. The van der Waals surface area contributed by atoms with Crippen LogP contribution in [0.2, 0.25) is 0 Å². The summed E-state index contributed by atoms with van der Waals surface area (Å²) in [6.07, 6.45) is 3.66. The fraction of sp³-hybridized carbons (Fsp3) is 0.588. The van der Waals surface area contributed by atoms with Crippen molar-refractivity contribution in [1.82, 2.24) is 34.9 Å². The average Bonchev–Trinajstić information content (AvgIpc) is 3.11. The SMILES string of the molecule is Cc1noc(CN(C)C2CN(c3ccc4nnc(C5CCC5)n4n3)C2)n1. The van der Waals surface area contributed by atoms with Gasteiger partial charge < -0.3 is 9.42 Å². The lowest BCUT2D eigenvalue weighted by molar-refractivity contribution is 0.174. The van der Waals surface area contributed by atoms with Gasteiger partial charge in [0.25, 0.3) is 0 Å². The van der Waals surface area contributed by atoms with Gasteiger partial charge in [-0.25, -0.2) is 0 Å². The Bertz CT molecular complexity index is 924. The highest BCUT2D eigenvalue weighted by atomic mass is 16.5. The Morgan fingerprint density at radius 2 is 2.08 bits per heavy atom. The molecule has 2 aliphatic rings. The molecule has 5 rings (SSSR count). The second-order valence-corrected chi connectivity index (χ2v) is 7.36. The van der Waals surface area contributed by atoms with E-state index in [4.69, 9.17) is 9.62 Å². The predicted octanol–water partition coefficient (Wildman–Crippen LogP) is 1.40. The third-order valence-corrected chi connectivity index (χ3v) is 5.51. The van der Waals surface area contributed by atoms with Crippen LogP contribution in [-0.4, -0.2) is 61.0 Å². The topological polar surface area (TPSA) is 88.5 Å². The van der Waals surface area contributed by atoms with Crippen LogP contribution in [-0.2, 0) is 6.54 Å². The standard InChI is InChI=1S/C17H22N8O/c1-11-18-16(26-22-11)10-23(2)13-8-24(9-13)15-7-6-14-19-20-17(25(14)21-15)12-4-3-5-12/h6-7,12-13H,3-5,8-10H2,1-2H3. The van der Waals surface area contributed by atoms with Gasteiger partial charge in [-0.1, -0.05) is 11.6 Å². The van der Waals surface area contributed by atoms with Gasteiger partial charge in [0.1, 0.15) is 5.82 Å². The molecule has 1 saturated heterocycles. The summed E-state index contributed by atoms with van der Waals surface area (Å²) < 4.78 is 7.14. The maximum atomic E-state index is 5.21. The highest BCUT2D eigenvalue weighted by molar-refractivity contribution is 5.48. The molecule has 3 aromatic rings. The summed E-state index contributed by atoms with van der Waals surface area (Å²) in [6, 6.07) is 4.49. The van der Waals surface area contributed by atoms with E-state index in [1.807, 2.05) is 23.6 Å². The monoisotopic (exact) mass is 354 g/mol. The Labute approximate surface area is 151 Å². The molecule has 0 bridgehead atoms. The van der Waals surface area contributed by atoms with Crippen molar-refractivity contribution >= 4 is 11.5 Å². The number of aromatic nitrogens is 6. The number of rotatable bonds is 5. The number of fused-ring (bicyclic) bond motifs is 1. The van der Waals surface area contributed by atoms with Gasteiger partial charge in [-0.05, 0) is 38.9 Å². The Morgan fingerprint density at radius 3 is 2.77 bits per heavy atom. The predicted molar refractivity (Wildman–Crippen MR) is 93.9 cm³/mol. The minimum Gasteiger partial charge on any atom is -0.352 e. The molecule has 0 N–H and O–H groups in total. The zero-order valence-electron chi connectivity index (χ0n) is 15.0. The zero-order chi connectivity index (χ0) is 17.7. The number of hydrogen-bond donors (Lipinski definition) is 0. The van der Waals surface area contributed by atoms with Crippen LogP contribution < -0.4 is 4.90 Å². The van der Waals surface area contributed by atoms with Gasteiger partial charge in [-0.3, -0.25) is 4.90 Å². The van der Waals surface area contributed by atoms with E-state index < -0.39 is 0 Å². The first-order valence-electron chi connectivity index (χ1n) is 9.14. The molecule has 0 amide bonds. The summed E-state index contributed by atoms with van der Waals surface area (Å²) in [6.45, 7) is 4.37. The van der Waals surface area contributed by atoms with E-state index in [1.54, 1.807) is 0 Å². The van der Waals surface area contributed by atoms with Crippen molar-refractivity contribution in [2.45, 2.75) is 44.7 Å². The van der Waals surface area contributed by atoms with Crippen molar-refractivity contribution < 1.29 is 4.52 Å². The van der Waals surface area contributed by atoms with Crippen LogP contribution in [0.3, 0.4) is 0 Å². The van der Waals surface area contributed by atoms with Gasteiger partial charge in [0.2, 0.25) is 5.89 Å². The Hall–Kier alpha value is -2.55. The van der Waals surface area contributed by atoms with Gasteiger partial charge in [0.05, 0.1) is 6.54 Å². The lowest BCUT2D eigenvalue weighted by Gasteiger charge is -2.44. The summed E-state index contributed by atoms with van der Waals surface area (Å²) in [5.41, 5.74) is 0.830. The summed E-state index contributed by atoms with van der Waals surface area (Å²) in [7, 11) is 2.09. The Kier molecular flexibility index (Phi) is 3.63. The maximum absolute atomic E-state index is 5.21. The summed E-state index contributed by atoms with van der Waals surface area (Å²) in [4.78, 5) is 8.81.